The molecule has 24 heavy (non-hydrogen) atoms. The minimum Gasteiger partial charge on any atom is -0.466 e. The average Bonchev–Trinajstić information content (AvgIpc) is 3.35. The molecular weight excluding hydrogens is 304 g/mol. The van der Waals surface area contributed by atoms with Gasteiger partial charge in [-0.15, -0.1) is 0 Å². The number of nitrogens with zero attached hydrogens (tertiary/aromatic N) is 3. The molecule has 3 aliphatic rings. The fraction of sp³-hybridized carbons (Fsp3) is 0.889. The van der Waals surface area contributed by atoms with Gasteiger partial charge >= 0.3 is 5.97 Å². The number of likely N-dealkylation sites (tertiary alicyclic amines) is 2. The Labute approximate surface area is 145 Å². The highest BCUT2D eigenvalue weighted by molar-refractivity contribution is 5.81. The molecule has 6 heteroatoms. The van der Waals surface area contributed by atoms with Crippen LogP contribution >= 0.6 is 0 Å². The number of piperidine rings is 1. The Balaban J connectivity index is 1.46. The van der Waals surface area contributed by atoms with Crippen molar-refractivity contribution in [3.05, 3.63) is 0 Å². The summed E-state index contributed by atoms with van der Waals surface area (Å²) < 4.78 is 5.19. The Bertz CT molecular complexity index is 464. The van der Waals surface area contributed by atoms with Crippen molar-refractivity contribution in [1.29, 1.82) is 0 Å². The first-order chi connectivity index (χ1) is 11.7. The van der Waals surface area contributed by atoms with Crippen LogP contribution < -0.4 is 5.32 Å². The first-order valence-corrected chi connectivity index (χ1v) is 9.57. The summed E-state index contributed by atoms with van der Waals surface area (Å²) in [5.41, 5.74) is 0. The fourth-order valence-electron chi connectivity index (χ4n) is 3.99. The van der Waals surface area contributed by atoms with E-state index in [1.807, 2.05) is 14.0 Å². The van der Waals surface area contributed by atoms with Gasteiger partial charge in [0, 0.05) is 39.3 Å². The molecule has 0 aromatic heterocycles. The molecule has 2 heterocycles. The van der Waals surface area contributed by atoms with Crippen LogP contribution in [0.25, 0.3) is 0 Å². The summed E-state index contributed by atoms with van der Waals surface area (Å²) in [6.07, 6.45) is 6.01. The highest BCUT2D eigenvalue weighted by atomic mass is 16.5. The molecule has 2 aliphatic heterocycles. The highest BCUT2D eigenvalue weighted by Gasteiger charge is 2.34. The zero-order valence-electron chi connectivity index (χ0n) is 15.2. The van der Waals surface area contributed by atoms with E-state index < -0.39 is 0 Å². The smallest absolute Gasteiger partial charge is 0.310 e. The van der Waals surface area contributed by atoms with Crippen molar-refractivity contribution < 1.29 is 9.53 Å². The number of rotatable bonds is 5. The van der Waals surface area contributed by atoms with E-state index in [1.165, 1.54) is 32.4 Å². The Kier molecular flexibility index (Phi) is 5.98. The SMILES string of the molecule is CCOC(=O)C1CCCN(C(=NC)NCC2CCN(C3CC3)C2)C1. The molecule has 0 bridgehead atoms. The van der Waals surface area contributed by atoms with Crippen LogP contribution in [0.5, 0.6) is 0 Å². The summed E-state index contributed by atoms with van der Waals surface area (Å²) in [4.78, 5) is 21.3. The third kappa shape index (κ3) is 4.41. The van der Waals surface area contributed by atoms with Crippen LogP contribution in [-0.2, 0) is 9.53 Å². The van der Waals surface area contributed by atoms with Gasteiger partial charge in [-0.3, -0.25) is 9.79 Å². The van der Waals surface area contributed by atoms with E-state index in [4.69, 9.17) is 4.74 Å². The van der Waals surface area contributed by atoms with E-state index in [2.05, 4.69) is 20.1 Å². The average molecular weight is 336 g/mol. The van der Waals surface area contributed by atoms with Crippen molar-refractivity contribution in [3.63, 3.8) is 0 Å². The van der Waals surface area contributed by atoms with Gasteiger partial charge in [0.1, 0.15) is 0 Å². The van der Waals surface area contributed by atoms with Crippen LogP contribution in [0.15, 0.2) is 4.99 Å². The summed E-state index contributed by atoms with van der Waals surface area (Å²) in [5.74, 6) is 1.57. The molecule has 3 fully saturated rings. The van der Waals surface area contributed by atoms with Crippen molar-refractivity contribution in [1.82, 2.24) is 15.1 Å². The molecule has 0 aromatic rings. The molecule has 6 nitrogen and oxygen atoms in total. The second-order valence-electron chi connectivity index (χ2n) is 7.35. The van der Waals surface area contributed by atoms with E-state index in [0.29, 0.717) is 12.5 Å². The second kappa shape index (κ2) is 8.19. The maximum absolute atomic E-state index is 12.0. The van der Waals surface area contributed by atoms with Crippen molar-refractivity contribution in [2.24, 2.45) is 16.8 Å². The third-order valence-electron chi connectivity index (χ3n) is 5.48. The first-order valence-electron chi connectivity index (χ1n) is 9.57. The summed E-state index contributed by atoms with van der Waals surface area (Å²) in [6, 6.07) is 0.877. The van der Waals surface area contributed by atoms with Crippen LogP contribution in [0.3, 0.4) is 0 Å². The Morgan fingerprint density at radius 1 is 1.21 bits per heavy atom. The number of carbonyl (C=O) groups excluding carboxylic acids is 1. The normalized spacial score (nSPS) is 28.9. The van der Waals surface area contributed by atoms with Gasteiger partial charge < -0.3 is 19.9 Å². The molecule has 2 saturated heterocycles. The summed E-state index contributed by atoms with van der Waals surface area (Å²) >= 11 is 0. The molecule has 1 aliphatic carbocycles. The van der Waals surface area contributed by atoms with Crippen molar-refractivity contribution >= 4 is 11.9 Å². The van der Waals surface area contributed by atoms with Crippen LogP contribution in [-0.4, -0.2) is 74.1 Å². The summed E-state index contributed by atoms with van der Waals surface area (Å²) in [6.45, 7) is 7.47. The molecule has 0 spiro atoms. The molecule has 136 valence electrons. The lowest BCUT2D eigenvalue weighted by atomic mass is 9.98. The molecule has 3 rings (SSSR count). The molecular formula is C18H32N4O2. The maximum Gasteiger partial charge on any atom is 0.310 e. The van der Waals surface area contributed by atoms with Gasteiger partial charge in [0.25, 0.3) is 0 Å². The van der Waals surface area contributed by atoms with E-state index in [9.17, 15) is 4.79 Å². The van der Waals surface area contributed by atoms with Gasteiger partial charge in [0.2, 0.25) is 0 Å². The van der Waals surface area contributed by atoms with Crippen LogP contribution in [0.2, 0.25) is 0 Å². The third-order valence-corrected chi connectivity index (χ3v) is 5.48. The lowest BCUT2D eigenvalue weighted by molar-refractivity contribution is -0.149. The molecule has 0 aromatic carbocycles. The van der Waals surface area contributed by atoms with Crippen LogP contribution in [0.1, 0.15) is 39.0 Å². The number of esters is 1. The quantitative estimate of drug-likeness (QED) is 0.466. The number of hydrogen-bond donors (Lipinski definition) is 1. The standard InChI is InChI=1S/C18H32N4O2/c1-3-24-17(23)15-5-4-9-22(13-15)18(19-2)20-11-14-8-10-21(12-14)16-6-7-16/h14-16H,3-13H2,1-2H3,(H,19,20). The molecule has 1 N–H and O–H groups in total. The number of hydrogen-bond acceptors (Lipinski definition) is 4. The highest BCUT2D eigenvalue weighted by Crippen LogP contribution is 2.31. The lowest BCUT2D eigenvalue weighted by Crippen LogP contribution is -2.49. The van der Waals surface area contributed by atoms with Crippen LogP contribution in [0.4, 0.5) is 0 Å². The van der Waals surface area contributed by atoms with Crippen molar-refractivity contribution in [2.75, 3.05) is 46.4 Å². The topological polar surface area (TPSA) is 57.2 Å². The zero-order valence-corrected chi connectivity index (χ0v) is 15.2. The number of aliphatic imine (C=N–C) groups is 1. The summed E-state index contributed by atoms with van der Waals surface area (Å²) in [7, 11) is 1.83. The minimum atomic E-state index is -0.0616. The van der Waals surface area contributed by atoms with E-state index in [1.54, 1.807) is 0 Å². The van der Waals surface area contributed by atoms with Gasteiger partial charge in [0.15, 0.2) is 5.96 Å². The summed E-state index contributed by atoms with van der Waals surface area (Å²) in [5, 5.41) is 3.55. The van der Waals surface area contributed by atoms with Gasteiger partial charge in [0.05, 0.1) is 12.5 Å². The molecule has 1 saturated carbocycles. The van der Waals surface area contributed by atoms with Gasteiger partial charge in [-0.25, -0.2) is 0 Å². The Morgan fingerprint density at radius 3 is 2.75 bits per heavy atom. The van der Waals surface area contributed by atoms with E-state index >= 15 is 0 Å². The van der Waals surface area contributed by atoms with Gasteiger partial charge in [-0.2, -0.15) is 0 Å². The van der Waals surface area contributed by atoms with E-state index in [0.717, 1.165) is 44.5 Å². The predicted octanol–water partition coefficient (Wildman–Crippen LogP) is 1.32. The van der Waals surface area contributed by atoms with E-state index in [-0.39, 0.29) is 11.9 Å². The first kappa shape index (κ1) is 17.5. The lowest BCUT2D eigenvalue weighted by Gasteiger charge is -2.34. The minimum absolute atomic E-state index is 0.0194. The number of ether oxygens (including phenoxy) is 1. The zero-order chi connectivity index (χ0) is 16.9. The largest absolute Gasteiger partial charge is 0.466 e. The predicted molar refractivity (Wildman–Crippen MR) is 95.0 cm³/mol. The van der Waals surface area contributed by atoms with Gasteiger partial charge in [-0.05, 0) is 51.5 Å². The number of carbonyl (C=O) groups is 1. The van der Waals surface area contributed by atoms with Crippen LogP contribution in [0, 0.1) is 11.8 Å². The Morgan fingerprint density at radius 2 is 2.04 bits per heavy atom. The molecule has 2 atom stereocenters. The maximum atomic E-state index is 12.0. The van der Waals surface area contributed by atoms with Crippen molar-refractivity contribution in [3.8, 4) is 0 Å². The Hall–Kier alpha value is -1.30. The molecule has 0 amide bonds. The monoisotopic (exact) mass is 336 g/mol. The number of nitrogens with one attached hydrogen (secondary N) is 1. The van der Waals surface area contributed by atoms with Gasteiger partial charge in [-0.1, -0.05) is 0 Å². The fourth-order valence-corrected chi connectivity index (χ4v) is 3.99. The molecule has 2 unspecified atom stereocenters. The van der Waals surface area contributed by atoms with Crippen molar-refractivity contribution in [2.45, 2.75) is 45.1 Å². The number of guanidine groups is 1. The second-order valence-corrected chi connectivity index (χ2v) is 7.35. The molecule has 0 radical (unpaired) electrons.